The maximum Gasteiger partial charge on any atom is 0.264 e. The summed E-state index contributed by atoms with van der Waals surface area (Å²) in [5.41, 5.74) is 2.12. The molecule has 0 atom stereocenters. The molecule has 0 bridgehead atoms. The molecule has 0 saturated heterocycles. The van der Waals surface area contributed by atoms with Gasteiger partial charge in [-0.3, -0.25) is 9.59 Å². The number of nitrogens with zero attached hydrogens (tertiary/aromatic N) is 1. The molecule has 74 valence electrons. The lowest BCUT2D eigenvalue weighted by molar-refractivity contribution is -0.118. The van der Waals surface area contributed by atoms with Crippen molar-refractivity contribution < 1.29 is 9.59 Å². The highest BCUT2D eigenvalue weighted by Crippen LogP contribution is 2.13. The van der Waals surface area contributed by atoms with E-state index in [1.54, 1.807) is 10.8 Å². The number of hydrogen-bond acceptors (Lipinski definition) is 5. The van der Waals surface area contributed by atoms with Crippen LogP contribution in [0.3, 0.4) is 0 Å². The van der Waals surface area contributed by atoms with Crippen molar-refractivity contribution in [3.05, 3.63) is 0 Å². The number of amides is 2. The zero-order chi connectivity index (χ0) is 10.1. The summed E-state index contributed by atoms with van der Waals surface area (Å²) in [7, 11) is 3.07. The SMILES string of the molecule is CSSCNC(=O)/C=N\NC(C)=O. The third-order valence-corrected chi connectivity index (χ3v) is 2.39. The maximum atomic E-state index is 10.9. The van der Waals surface area contributed by atoms with E-state index in [2.05, 4.69) is 15.8 Å². The van der Waals surface area contributed by atoms with Gasteiger partial charge in [0, 0.05) is 6.92 Å². The summed E-state index contributed by atoms with van der Waals surface area (Å²) in [4.78, 5) is 21.2. The minimum absolute atomic E-state index is 0.303. The Morgan fingerprint density at radius 2 is 2.23 bits per heavy atom. The normalized spacial score (nSPS) is 10.0. The van der Waals surface area contributed by atoms with Gasteiger partial charge in [-0.2, -0.15) is 5.10 Å². The largest absolute Gasteiger partial charge is 0.341 e. The molecule has 0 spiro atoms. The molecule has 0 saturated carbocycles. The second-order valence-corrected chi connectivity index (χ2v) is 4.46. The van der Waals surface area contributed by atoms with Crippen LogP contribution in [-0.2, 0) is 9.59 Å². The maximum absolute atomic E-state index is 10.9. The summed E-state index contributed by atoms with van der Waals surface area (Å²) in [5.74, 6) is -0.107. The molecular formula is C6H11N3O2S2. The molecule has 5 nitrogen and oxygen atoms in total. The summed E-state index contributed by atoms with van der Waals surface area (Å²) in [5, 5.41) is 5.96. The first-order valence-corrected chi connectivity index (χ1v) is 6.12. The molecule has 7 heteroatoms. The Morgan fingerprint density at radius 1 is 1.54 bits per heavy atom. The minimum Gasteiger partial charge on any atom is -0.341 e. The number of rotatable bonds is 5. The van der Waals surface area contributed by atoms with Crippen LogP contribution in [0.1, 0.15) is 6.92 Å². The molecule has 0 fully saturated rings. The molecule has 0 aliphatic heterocycles. The van der Waals surface area contributed by atoms with E-state index in [-0.39, 0.29) is 11.8 Å². The van der Waals surface area contributed by atoms with Crippen molar-refractivity contribution in [1.82, 2.24) is 10.7 Å². The van der Waals surface area contributed by atoms with Crippen LogP contribution >= 0.6 is 21.6 Å². The monoisotopic (exact) mass is 221 g/mol. The minimum atomic E-state index is -0.324. The van der Waals surface area contributed by atoms with E-state index in [0.717, 1.165) is 6.21 Å². The lowest BCUT2D eigenvalue weighted by Crippen LogP contribution is -2.25. The summed E-state index contributed by atoms with van der Waals surface area (Å²) in [6, 6.07) is 0. The molecule has 0 aromatic heterocycles. The van der Waals surface area contributed by atoms with Gasteiger partial charge in [0.05, 0.1) is 5.88 Å². The van der Waals surface area contributed by atoms with E-state index in [1.807, 2.05) is 6.26 Å². The first-order chi connectivity index (χ1) is 6.16. The average Bonchev–Trinajstić information content (AvgIpc) is 2.04. The quantitative estimate of drug-likeness (QED) is 0.229. The molecule has 2 N–H and O–H groups in total. The van der Waals surface area contributed by atoms with Crippen molar-refractivity contribution in [1.29, 1.82) is 0 Å². The second-order valence-electron chi connectivity index (χ2n) is 1.90. The Morgan fingerprint density at radius 3 is 2.77 bits per heavy atom. The third kappa shape index (κ3) is 9.22. The van der Waals surface area contributed by atoms with Gasteiger partial charge in [0.1, 0.15) is 6.21 Å². The molecular weight excluding hydrogens is 210 g/mol. The van der Waals surface area contributed by atoms with Crippen LogP contribution in [0.25, 0.3) is 0 Å². The molecule has 0 aliphatic carbocycles. The van der Waals surface area contributed by atoms with E-state index in [0.29, 0.717) is 5.88 Å². The van der Waals surface area contributed by atoms with Gasteiger partial charge >= 0.3 is 0 Å². The van der Waals surface area contributed by atoms with E-state index < -0.39 is 0 Å². The molecule has 0 aliphatic rings. The summed E-state index contributed by atoms with van der Waals surface area (Å²) in [6.07, 6.45) is 2.95. The Labute approximate surface area is 84.5 Å². The topological polar surface area (TPSA) is 70.6 Å². The van der Waals surface area contributed by atoms with Crippen molar-refractivity contribution >= 4 is 39.6 Å². The lowest BCUT2D eigenvalue weighted by Gasteiger charge is -1.97. The Kier molecular flexibility index (Phi) is 7.51. The van der Waals surface area contributed by atoms with Crippen LogP contribution in [0.5, 0.6) is 0 Å². The molecule has 0 aromatic rings. The Balaban J connectivity index is 3.49. The van der Waals surface area contributed by atoms with Crippen LogP contribution in [-0.4, -0.2) is 30.2 Å². The highest BCUT2D eigenvalue weighted by atomic mass is 33.1. The van der Waals surface area contributed by atoms with Gasteiger partial charge in [-0.15, -0.1) is 0 Å². The van der Waals surface area contributed by atoms with Crippen molar-refractivity contribution in [2.45, 2.75) is 6.92 Å². The van der Waals surface area contributed by atoms with Crippen molar-refractivity contribution in [3.8, 4) is 0 Å². The molecule has 13 heavy (non-hydrogen) atoms. The van der Waals surface area contributed by atoms with E-state index in [9.17, 15) is 9.59 Å². The zero-order valence-corrected chi connectivity index (χ0v) is 9.00. The predicted molar refractivity (Wildman–Crippen MR) is 56.4 cm³/mol. The standard InChI is InChI=1S/C6H11N3O2S2/c1-5(10)9-8-3-6(11)7-4-13-12-2/h3H,4H2,1-2H3,(H,7,11)(H,9,10)/b8-3-. The fourth-order valence-electron chi connectivity index (χ4n) is 0.387. The highest BCUT2D eigenvalue weighted by molar-refractivity contribution is 8.76. The number of hydrogen-bond donors (Lipinski definition) is 2. The summed E-state index contributed by atoms with van der Waals surface area (Å²) in [6.45, 7) is 1.32. The van der Waals surface area contributed by atoms with Crippen LogP contribution in [0.2, 0.25) is 0 Å². The molecule has 0 heterocycles. The molecule has 0 unspecified atom stereocenters. The fourth-order valence-corrected chi connectivity index (χ4v) is 1.24. The van der Waals surface area contributed by atoms with E-state index in [4.69, 9.17) is 0 Å². The molecule has 2 amide bonds. The predicted octanol–water partition coefficient (Wildman–Crippen LogP) is 0.193. The Hall–Kier alpha value is -0.690. The average molecular weight is 221 g/mol. The van der Waals surface area contributed by atoms with Crippen LogP contribution in [0.15, 0.2) is 5.10 Å². The van der Waals surface area contributed by atoms with Gasteiger partial charge in [-0.25, -0.2) is 5.43 Å². The zero-order valence-electron chi connectivity index (χ0n) is 7.36. The third-order valence-electron chi connectivity index (χ3n) is 0.827. The first-order valence-electron chi connectivity index (χ1n) is 3.40. The number of nitrogens with one attached hydrogen (secondary N) is 2. The van der Waals surface area contributed by atoms with Crippen molar-refractivity contribution in [3.63, 3.8) is 0 Å². The summed E-state index contributed by atoms with van der Waals surface area (Å²) >= 11 is 0. The number of carbonyl (C=O) groups is 2. The molecule has 0 aromatic carbocycles. The van der Waals surface area contributed by atoms with Gasteiger partial charge < -0.3 is 5.32 Å². The Bertz CT molecular complexity index is 208. The van der Waals surface area contributed by atoms with Crippen LogP contribution in [0.4, 0.5) is 0 Å². The lowest BCUT2D eigenvalue weighted by atomic mass is 10.7. The highest BCUT2D eigenvalue weighted by Gasteiger charge is 1.94. The summed E-state index contributed by atoms with van der Waals surface area (Å²) < 4.78 is 0. The van der Waals surface area contributed by atoms with Crippen molar-refractivity contribution in [2.24, 2.45) is 5.10 Å². The van der Waals surface area contributed by atoms with E-state index >= 15 is 0 Å². The van der Waals surface area contributed by atoms with Gasteiger partial charge in [0.15, 0.2) is 0 Å². The van der Waals surface area contributed by atoms with Crippen molar-refractivity contribution in [2.75, 3.05) is 12.1 Å². The smallest absolute Gasteiger partial charge is 0.264 e. The molecule has 0 radical (unpaired) electrons. The fraction of sp³-hybridized carbons (Fsp3) is 0.500. The number of hydrazone groups is 1. The van der Waals surface area contributed by atoms with Gasteiger partial charge in [0.25, 0.3) is 5.91 Å². The second kappa shape index (κ2) is 7.93. The van der Waals surface area contributed by atoms with Crippen LogP contribution < -0.4 is 10.7 Å². The van der Waals surface area contributed by atoms with Crippen LogP contribution in [0, 0.1) is 0 Å². The van der Waals surface area contributed by atoms with Gasteiger partial charge in [-0.1, -0.05) is 21.6 Å². The molecule has 0 rings (SSSR count). The number of carbonyl (C=O) groups excluding carboxylic acids is 2. The first kappa shape index (κ1) is 12.3. The van der Waals surface area contributed by atoms with E-state index in [1.165, 1.54) is 17.7 Å². The van der Waals surface area contributed by atoms with Gasteiger partial charge in [-0.05, 0) is 6.26 Å². The van der Waals surface area contributed by atoms with Gasteiger partial charge in [0.2, 0.25) is 5.91 Å².